The van der Waals surface area contributed by atoms with E-state index in [1.54, 1.807) is 18.0 Å². The lowest BCUT2D eigenvalue weighted by molar-refractivity contribution is 0.943. The van der Waals surface area contributed by atoms with Crippen molar-refractivity contribution in [3.63, 3.8) is 0 Å². The second-order valence-corrected chi connectivity index (χ2v) is 6.00. The van der Waals surface area contributed by atoms with Crippen LogP contribution in [0, 0.1) is 0 Å². The first-order chi connectivity index (χ1) is 8.70. The molecule has 2 N–H and O–H groups in total. The van der Waals surface area contributed by atoms with E-state index in [0.29, 0.717) is 6.54 Å². The number of nitrogens with zero attached hydrogens (tertiary/aromatic N) is 1. The fourth-order valence-electron chi connectivity index (χ4n) is 1.55. The summed E-state index contributed by atoms with van der Waals surface area (Å²) in [6, 6.07) is 9.75. The molecule has 18 heavy (non-hydrogen) atoms. The Kier molecular flexibility index (Phi) is 5.06. The van der Waals surface area contributed by atoms with Gasteiger partial charge in [0.15, 0.2) is 0 Å². The smallest absolute Gasteiger partial charge is 0.115 e. The standard InChI is InChI=1S/C13H12BrClN2S/c14-11-2-1-7-17-13(11)18-12-4-3-10(15)8-9(12)5-6-16/h1-4,7-8H,5-6,16H2. The lowest BCUT2D eigenvalue weighted by Gasteiger charge is -2.09. The van der Waals surface area contributed by atoms with Crippen molar-refractivity contribution in [1.82, 2.24) is 4.98 Å². The Balaban J connectivity index is 2.31. The van der Waals surface area contributed by atoms with Crippen LogP contribution in [0.1, 0.15) is 5.56 Å². The van der Waals surface area contributed by atoms with E-state index in [2.05, 4.69) is 20.9 Å². The van der Waals surface area contributed by atoms with E-state index in [0.717, 1.165) is 31.4 Å². The van der Waals surface area contributed by atoms with Crippen LogP contribution in [0.15, 0.2) is 50.9 Å². The van der Waals surface area contributed by atoms with E-state index in [-0.39, 0.29) is 0 Å². The highest BCUT2D eigenvalue weighted by Crippen LogP contribution is 2.34. The van der Waals surface area contributed by atoms with Gasteiger partial charge < -0.3 is 5.73 Å². The monoisotopic (exact) mass is 342 g/mol. The van der Waals surface area contributed by atoms with Crippen LogP contribution >= 0.6 is 39.3 Å². The minimum Gasteiger partial charge on any atom is -0.330 e. The Morgan fingerprint density at radius 3 is 2.89 bits per heavy atom. The zero-order valence-corrected chi connectivity index (χ0v) is 12.7. The molecule has 0 spiro atoms. The van der Waals surface area contributed by atoms with E-state index in [1.165, 1.54) is 0 Å². The van der Waals surface area contributed by atoms with Crippen molar-refractivity contribution in [2.45, 2.75) is 16.3 Å². The number of hydrogen-bond acceptors (Lipinski definition) is 3. The van der Waals surface area contributed by atoms with Gasteiger partial charge >= 0.3 is 0 Å². The summed E-state index contributed by atoms with van der Waals surface area (Å²) >= 11 is 11.1. The van der Waals surface area contributed by atoms with Gasteiger partial charge in [0.2, 0.25) is 0 Å². The molecule has 2 rings (SSSR count). The van der Waals surface area contributed by atoms with E-state index in [4.69, 9.17) is 17.3 Å². The summed E-state index contributed by atoms with van der Waals surface area (Å²) in [6.07, 6.45) is 2.60. The summed E-state index contributed by atoms with van der Waals surface area (Å²) in [7, 11) is 0. The lowest BCUT2D eigenvalue weighted by Crippen LogP contribution is -2.03. The molecular weight excluding hydrogens is 332 g/mol. The first-order valence-electron chi connectivity index (χ1n) is 5.47. The molecular formula is C13H12BrClN2S. The highest BCUT2D eigenvalue weighted by molar-refractivity contribution is 9.10. The van der Waals surface area contributed by atoms with Crippen LogP contribution in [0.25, 0.3) is 0 Å². The summed E-state index contributed by atoms with van der Waals surface area (Å²) in [6.45, 7) is 0.608. The molecule has 0 atom stereocenters. The third-order valence-electron chi connectivity index (χ3n) is 2.37. The second kappa shape index (κ2) is 6.57. The molecule has 5 heteroatoms. The summed E-state index contributed by atoms with van der Waals surface area (Å²) in [4.78, 5) is 5.49. The average Bonchev–Trinajstić information content (AvgIpc) is 2.35. The average molecular weight is 344 g/mol. The number of hydrogen-bond donors (Lipinski definition) is 1. The molecule has 0 fully saturated rings. The number of nitrogens with two attached hydrogens (primary N) is 1. The fourth-order valence-corrected chi connectivity index (χ4v) is 3.16. The van der Waals surface area contributed by atoms with Crippen molar-refractivity contribution in [1.29, 1.82) is 0 Å². The van der Waals surface area contributed by atoms with Gasteiger partial charge in [-0.15, -0.1) is 0 Å². The Bertz CT molecular complexity index is 548. The fraction of sp³-hybridized carbons (Fsp3) is 0.154. The van der Waals surface area contributed by atoms with Crippen molar-refractivity contribution in [3.05, 3.63) is 51.6 Å². The third kappa shape index (κ3) is 3.48. The minimum atomic E-state index is 0.608. The number of benzene rings is 1. The van der Waals surface area contributed by atoms with Crippen molar-refractivity contribution >= 4 is 39.3 Å². The Morgan fingerprint density at radius 2 is 2.17 bits per heavy atom. The van der Waals surface area contributed by atoms with Crippen LogP contribution in [0.5, 0.6) is 0 Å². The van der Waals surface area contributed by atoms with E-state index < -0.39 is 0 Å². The maximum absolute atomic E-state index is 6.01. The van der Waals surface area contributed by atoms with E-state index >= 15 is 0 Å². The van der Waals surface area contributed by atoms with Gasteiger partial charge in [-0.25, -0.2) is 4.98 Å². The van der Waals surface area contributed by atoms with Gasteiger partial charge in [-0.2, -0.15) is 0 Å². The van der Waals surface area contributed by atoms with Gasteiger partial charge in [0.1, 0.15) is 5.03 Å². The molecule has 0 bridgehead atoms. The lowest BCUT2D eigenvalue weighted by atomic mass is 10.1. The summed E-state index contributed by atoms with van der Waals surface area (Å²) < 4.78 is 0.989. The van der Waals surface area contributed by atoms with Crippen LogP contribution in [-0.2, 0) is 6.42 Å². The normalized spacial score (nSPS) is 10.6. The predicted molar refractivity (Wildman–Crippen MR) is 80.3 cm³/mol. The predicted octanol–water partition coefficient (Wildman–Crippen LogP) is 4.15. The van der Waals surface area contributed by atoms with Crippen LogP contribution in [0.2, 0.25) is 5.02 Å². The van der Waals surface area contributed by atoms with Gasteiger partial charge in [-0.3, -0.25) is 0 Å². The molecule has 0 saturated carbocycles. The van der Waals surface area contributed by atoms with Crippen LogP contribution in [0.3, 0.4) is 0 Å². The molecule has 0 aliphatic carbocycles. The molecule has 0 saturated heterocycles. The molecule has 1 aromatic heterocycles. The number of rotatable bonds is 4. The van der Waals surface area contributed by atoms with Crippen molar-refractivity contribution in [3.8, 4) is 0 Å². The molecule has 1 heterocycles. The number of aromatic nitrogens is 1. The molecule has 0 aliphatic rings. The van der Waals surface area contributed by atoms with Gasteiger partial charge in [-0.05, 0) is 64.8 Å². The molecule has 94 valence electrons. The Morgan fingerprint density at radius 1 is 1.33 bits per heavy atom. The first-order valence-corrected chi connectivity index (χ1v) is 7.46. The Hall–Kier alpha value is -0.550. The summed E-state index contributed by atoms with van der Waals surface area (Å²) in [5.41, 5.74) is 6.79. The highest BCUT2D eigenvalue weighted by Gasteiger charge is 2.08. The molecule has 0 amide bonds. The maximum atomic E-state index is 6.01. The summed E-state index contributed by atoms with van der Waals surface area (Å²) in [5, 5.41) is 1.68. The number of pyridine rings is 1. The topological polar surface area (TPSA) is 38.9 Å². The zero-order valence-electron chi connectivity index (χ0n) is 9.57. The minimum absolute atomic E-state index is 0.608. The highest BCUT2D eigenvalue weighted by atomic mass is 79.9. The van der Waals surface area contributed by atoms with E-state index in [1.807, 2.05) is 30.3 Å². The number of halogens is 2. The SMILES string of the molecule is NCCc1cc(Cl)ccc1Sc1ncccc1Br. The largest absolute Gasteiger partial charge is 0.330 e. The second-order valence-electron chi connectivity index (χ2n) is 3.68. The quantitative estimate of drug-likeness (QED) is 0.906. The molecule has 0 unspecified atom stereocenters. The van der Waals surface area contributed by atoms with Gasteiger partial charge in [0.25, 0.3) is 0 Å². The van der Waals surface area contributed by atoms with Crippen LogP contribution in [0.4, 0.5) is 0 Å². The first kappa shape index (κ1) is 13.9. The molecule has 0 radical (unpaired) electrons. The van der Waals surface area contributed by atoms with Crippen molar-refractivity contribution in [2.24, 2.45) is 5.73 Å². The van der Waals surface area contributed by atoms with Crippen molar-refractivity contribution in [2.75, 3.05) is 6.54 Å². The molecule has 2 nitrogen and oxygen atoms in total. The van der Waals surface area contributed by atoms with Gasteiger partial charge in [0.05, 0.1) is 4.47 Å². The molecule has 1 aromatic carbocycles. The Labute approximate surface area is 124 Å². The van der Waals surface area contributed by atoms with Crippen molar-refractivity contribution < 1.29 is 0 Å². The summed E-state index contributed by atoms with van der Waals surface area (Å²) in [5.74, 6) is 0. The maximum Gasteiger partial charge on any atom is 0.115 e. The van der Waals surface area contributed by atoms with Gasteiger partial charge in [0, 0.05) is 16.1 Å². The van der Waals surface area contributed by atoms with Gasteiger partial charge in [-0.1, -0.05) is 23.4 Å². The zero-order chi connectivity index (χ0) is 13.0. The van der Waals surface area contributed by atoms with E-state index in [9.17, 15) is 0 Å². The van der Waals surface area contributed by atoms with Crippen LogP contribution < -0.4 is 5.73 Å². The third-order valence-corrected chi connectivity index (χ3v) is 4.64. The van der Waals surface area contributed by atoms with Crippen LogP contribution in [-0.4, -0.2) is 11.5 Å². The molecule has 0 aliphatic heterocycles. The molecule has 2 aromatic rings.